The number of nitrogens with one attached hydrogen (secondary N) is 1. The summed E-state index contributed by atoms with van der Waals surface area (Å²) in [5.74, 6) is -0.257. The summed E-state index contributed by atoms with van der Waals surface area (Å²) in [6, 6.07) is 14.0. The Labute approximate surface area is 124 Å². The zero-order valence-electron chi connectivity index (χ0n) is 9.72. The molecule has 2 aromatic rings. The van der Waals surface area contributed by atoms with Crippen molar-refractivity contribution in [1.29, 1.82) is 5.26 Å². The summed E-state index contributed by atoms with van der Waals surface area (Å²) in [6.45, 7) is 0. The van der Waals surface area contributed by atoms with Crippen molar-refractivity contribution in [2.24, 2.45) is 0 Å². The third-order valence-corrected chi connectivity index (χ3v) is 3.32. The van der Waals surface area contributed by atoms with Gasteiger partial charge in [-0.1, -0.05) is 22.0 Å². The first-order chi connectivity index (χ1) is 9.10. The molecule has 0 aliphatic rings. The van der Waals surface area contributed by atoms with E-state index in [0.29, 0.717) is 21.7 Å². The van der Waals surface area contributed by atoms with Crippen LogP contribution in [-0.2, 0) is 0 Å². The largest absolute Gasteiger partial charge is 0.322 e. The topological polar surface area (TPSA) is 52.9 Å². The summed E-state index contributed by atoms with van der Waals surface area (Å²) >= 11 is 7.58. The highest BCUT2D eigenvalue weighted by atomic mass is 79.9. The van der Waals surface area contributed by atoms with Gasteiger partial charge in [-0.15, -0.1) is 12.6 Å². The number of halogens is 1. The third-order valence-electron chi connectivity index (χ3n) is 2.45. The highest BCUT2D eigenvalue weighted by Crippen LogP contribution is 2.21. The van der Waals surface area contributed by atoms with E-state index in [1.807, 2.05) is 6.07 Å². The predicted octanol–water partition coefficient (Wildman–Crippen LogP) is 3.86. The van der Waals surface area contributed by atoms with Crippen molar-refractivity contribution < 1.29 is 4.79 Å². The van der Waals surface area contributed by atoms with E-state index in [1.165, 1.54) is 0 Å². The molecule has 0 bridgehead atoms. The van der Waals surface area contributed by atoms with Crippen molar-refractivity contribution >= 4 is 40.2 Å². The maximum atomic E-state index is 12.1. The third kappa shape index (κ3) is 3.37. The maximum absolute atomic E-state index is 12.1. The van der Waals surface area contributed by atoms with Gasteiger partial charge in [0.2, 0.25) is 0 Å². The summed E-state index contributed by atoms with van der Waals surface area (Å²) < 4.78 is 0.862. The fraction of sp³-hybridized carbons (Fsp3) is 0. The van der Waals surface area contributed by atoms with Gasteiger partial charge in [0.1, 0.15) is 0 Å². The zero-order chi connectivity index (χ0) is 13.8. The Bertz CT molecular complexity index is 679. The Hall–Kier alpha value is -1.77. The van der Waals surface area contributed by atoms with Gasteiger partial charge in [0, 0.05) is 15.1 Å². The lowest BCUT2D eigenvalue weighted by molar-refractivity contribution is 0.102. The number of carbonyl (C=O) groups excluding carboxylic acids is 1. The molecule has 0 fully saturated rings. The number of amides is 1. The van der Waals surface area contributed by atoms with E-state index in [9.17, 15) is 4.79 Å². The average Bonchev–Trinajstić information content (AvgIpc) is 2.38. The zero-order valence-corrected chi connectivity index (χ0v) is 12.2. The lowest BCUT2D eigenvalue weighted by atomic mass is 10.2. The van der Waals surface area contributed by atoms with Gasteiger partial charge in [-0.3, -0.25) is 4.79 Å². The molecule has 0 heterocycles. The van der Waals surface area contributed by atoms with Crippen LogP contribution >= 0.6 is 28.6 Å². The van der Waals surface area contributed by atoms with Gasteiger partial charge in [0.05, 0.1) is 17.2 Å². The molecule has 1 N–H and O–H groups in total. The number of benzene rings is 2. The minimum absolute atomic E-state index is 0.257. The molecule has 19 heavy (non-hydrogen) atoms. The SMILES string of the molecule is N#Cc1cccc(NC(=O)c2ccc(Br)cc2S)c1. The molecule has 0 atom stereocenters. The first-order valence-corrected chi connectivity index (χ1v) is 6.64. The van der Waals surface area contributed by atoms with Gasteiger partial charge in [-0.05, 0) is 36.4 Å². The van der Waals surface area contributed by atoms with Crippen LogP contribution in [0.5, 0.6) is 0 Å². The van der Waals surface area contributed by atoms with Crippen molar-refractivity contribution in [3.63, 3.8) is 0 Å². The standard InChI is InChI=1S/C14H9BrN2OS/c15-10-4-5-12(13(19)7-10)14(18)17-11-3-1-2-9(6-11)8-16/h1-7,19H,(H,17,18). The van der Waals surface area contributed by atoms with E-state index >= 15 is 0 Å². The van der Waals surface area contributed by atoms with Gasteiger partial charge in [0.15, 0.2) is 0 Å². The normalized spacial score (nSPS) is 9.74. The molecule has 0 aromatic heterocycles. The van der Waals surface area contributed by atoms with Crippen LogP contribution in [0.25, 0.3) is 0 Å². The number of hydrogen-bond acceptors (Lipinski definition) is 3. The predicted molar refractivity (Wildman–Crippen MR) is 80.5 cm³/mol. The van der Waals surface area contributed by atoms with Crippen LogP contribution in [0.3, 0.4) is 0 Å². The van der Waals surface area contributed by atoms with Crippen LogP contribution in [0.15, 0.2) is 51.8 Å². The highest BCUT2D eigenvalue weighted by Gasteiger charge is 2.10. The Morgan fingerprint density at radius 2 is 2.05 bits per heavy atom. The molecule has 0 unspecified atom stereocenters. The van der Waals surface area contributed by atoms with Gasteiger partial charge in [0.25, 0.3) is 5.91 Å². The molecule has 2 aromatic carbocycles. The lowest BCUT2D eigenvalue weighted by Gasteiger charge is -2.07. The van der Waals surface area contributed by atoms with Crippen LogP contribution in [0.2, 0.25) is 0 Å². The minimum atomic E-state index is -0.257. The molecule has 0 aliphatic heterocycles. The fourth-order valence-electron chi connectivity index (χ4n) is 1.56. The van der Waals surface area contributed by atoms with Gasteiger partial charge < -0.3 is 5.32 Å². The average molecular weight is 333 g/mol. The molecule has 0 aliphatic carbocycles. The quantitative estimate of drug-likeness (QED) is 0.820. The van der Waals surface area contributed by atoms with E-state index in [2.05, 4.69) is 33.9 Å². The lowest BCUT2D eigenvalue weighted by Crippen LogP contribution is -2.12. The first kappa shape index (κ1) is 13.7. The van der Waals surface area contributed by atoms with Crippen LogP contribution in [0.1, 0.15) is 15.9 Å². The van der Waals surface area contributed by atoms with Crippen molar-refractivity contribution in [2.45, 2.75) is 4.90 Å². The van der Waals surface area contributed by atoms with Crippen LogP contribution in [0, 0.1) is 11.3 Å². The van der Waals surface area contributed by atoms with Crippen LogP contribution < -0.4 is 5.32 Å². The molecule has 1 amide bonds. The van der Waals surface area contributed by atoms with Crippen molar-refractivity contribution in [2.75, 3.05) is 5.32 Å². The van der Waals surface area contributed by atoms with E-state index in [1.54, 1.807) is 42.5 Å². The van der Waals surface area contributed by atoms with Gasteiger partial charge >= 0.3 is 0 Å². The number of rotatable bonds is 2. The number of nitriles is 1. The van der Waals surface area contributed by atoms with Gasteiger partial charge in [-0.25, -0.2) is 0 Å². The van der Waals surface area contributed by atoms with Crippen LogP contribution in [0.4, 0.5) is 5.69 Å². The number of thiol groups is 1. The Kier molecular flexibility index (Phi) is 4.25. The second-order valence-electron chi connectivity index (χ2n) is 3.81. The Morgan fingerprint density at radius 1 is 1.26 bits per heavy atom. The minimum Gasteiger partial charge on any atom is -0.322 e. The summed E-state index contributed by atoms with van der Waals surface area (Å²) in [7, 11) is 0. The smallest absolute Gasteiger partial charge is 0.256 e. The van der Waals surface area contributed by atoms with E-state index in [0.717, 1.165) is 4.47 Å². The monoisotopic (exact) mass is 332 g/mol. The molecule has 0 radical (unpaired) electrons. The van der Waals surface area contributed by atoms with E-state index in [-0.39, 0.29) is 5.91 Å². The molecule has 2 rings (SSSR count). The summed E-state index contributed by atoms with van der Waals surface area (Å²) in [4.78, 5) is 12.7. The number of nitrogens with zero attached hydrogens (tertiary/aromatic N) is 1. The second kappa shape index (κ2) is 5.91. The molecule has 0 saturated carbocycles. The second-order valence-corrected chi connectivity index (χ2v) is 5.21. The Morgan fingerprint density at radius 3 is 2.74 bits per heavy atom. The highest BCUT2D eigenvalue weighted by molar-refractivity contribution is 9.10. The molecular weight excluding hydrogens is 324 g/mol. The fourth-order valence-corrected chi connectivity index (χ4v) is 2.41. The molecule has 3 nitrogen and oxygen atoms in total. The van der Waals surface area contributed by atoms with Gasteiger partial charge in [-0.2, -0.15) is 5.26 Å². The van der Waals surface area contributed by atoms with E-state index < -0.39 is 0 Å². The summed E-state index contributed by atoms with van der Waals surface area (Å²) in [5.41, 5.74) is 1.56. The molecule has 0 saturated heterocycles. The number of anilines is 1. The van der Waals surface area contributed by atoms with Crippen molar-refractivity contribution in [3.8, 4) is 6.07 Å². The Balaban J connectivity index is 2.23. The molecule has 94 valence electrons. The molecule has 0 spiro atoms. The molecular formula is C14H9BrN2OS. The van der Waals surface area contributed by atoms with Crippen molar-refractivity contribution in [3.05, 3.63) is 58.1 Å². The summed E-state index contributed by atoms with van der Waals surface area (Å²) in [5, 5.41) is 11.5. The van der Waals surface area contributed by atoms with Crippen LogP contribution in [-0.4, -0.2) is 5.91 Å². The number of hydrogen-bond donors (Lipinski definition) is 2. The van der Waals surface area contributed by atoms with Crippen molar-refractivity contribution in [1.82, 2.24) is 0 Å². The van der Waals surface area contributed by atoms with E-state index in [4.69, 9.17) is 5.26 Å². The summed E-state index contributed by atoms with van der Waals surface area (Å²) in [6.07, 6.45) is 0. The maximum Gasteiger partial charge on any atom is 0.256 e. The first-order valence-electron chi connectivity index (χ1n) is 5.40. The molecule has 5 heteroatoms. The number of carbonyl (C=O) groups is 1.